The van der Waals surface area contributed by atoms with Gasteiger partial charge < -0.3 is 4.57 Å². The third-order valence-corrected chi connectivity index (χ3v) is 3.95. The van der Waals surface area contributed by atoms with Crippen molar-refractivity contribution in [3.05, 3.63) is 65.0 Å². The predicted octanol–water partition coefficient (Wildman–Crippen LogP) is 4.91. The molecule has 0 fully saturated rings. The molecule has 1 aromatic carbocycles. The summed E-state index contributed by atoms with van der Waals surface area (Å²) < 4.78 is 3.43. The summed E-state index contributed by atoms with van der Waals surface area (Å²) in [6, 6.07) is 10.9. The number of aryl methyl sites for hydroxylation is 2. The van der Waals surface area contributed by atoms with E-state index in [2.05, 4.69) is 76.9 Å². The van der Waals surface area contributed by atoms with Crippen molar-refractivity contribution < 1.29 is 0 Å². The molecule has 0 aliphatic carbocycles. The van der Waals surface area contributed by atoms with Crippen molar-refractivity contribution in [1.29, 1.82) is 0 Å². The molecule has 0 aliphatic heterocycles. The summed E-state index contributed by atoms with van der Waals surface area (Å²) in [4.78, 5) is 0. The van der Waals surface area contributed by atoms with E-state index in [0.29, 0.717) is 0 Å². The van der Waals surface area contributed by atoms with Crippen LogP contribution in [0.1, 0.15) is 29.3 Å². The van der Waals surface area contributed by atoms with Crippen LogP contribution in [0.4, 0.5) is 0 Å². The van der Waals surface area contributed by atoms with Gasteiger partial charge in [-0.2, -0.15) is 0 Å². The molecule has 2 heteroatoms. The van der Waals surface area contributed by atoms with Gasteiger partial charge in [0.1, 0.15) is 0 Å². The van der Waals surface area contributed by atoms with Gasteiger partial charge in [-0.25, -0.2) is 0 Å². The Hall–Kier alpha value is -1.28. The maximum atomic E-state index is 3.63. The highest BCUT2D eigenvalue weighted by molar-refractivity contribution is 9.15. The monoisotopic (exact) mass is 303 g/mol. The predicted molar refractivity (Wildman–Crippen MR) is 82.0 cm³/mol. The zero-order valence-corrected chi connectivity index (χ0v) is 12.7. The first-order chi connectivity index (χ1) is 8.61. The van der Waals surface area contributed by atoms with E-state index in [0.717, 1.165) is 11.0 Å². The van der Waals surface area contributed by atoms with Crippen LogP contribution in [-0.4, -0.2) is 4.57 Å². The van der Waals surface area contributed by atoms with Gasteiger partial charge in [0.2, 0.25) is 0 Å². The molecule has 94 valence electrons. The Labute approximate surface area is 117 Å². The van der Waals surface area contributed by atoms with Crippen molar-refractivity contribution in [3.63, 3.8) is 0 Å². The molecular formula is C16H18BrN. The van der Waals surface area contributed by atoms with Gasteiger partial charge in [-0.1, -0.05) is 35.9 Å². The zero-order chi connectivity index (χ0) is 13.1. The van der Waals surface area contributed by atoms with E-state index in [9.17, 15) is 0 Å². The Bertz CT molecular complexity index is 561. The Morgan fingerprint density at radius 2 is 1.83 bits per heavy atom. The van der Waals surface area contributed by atoms with Gasteiger partial charge in [0, 0.05) is 17.2 Å². The highest BCUT2D eigenvalue weighted by Crippen LogP contribution is 2.26. The minimum absolute atomic E-state index is 0.909. The molecule has 1 heterocycles. The lowest BCUT2D eigenvalue weighted by atomic mass is 10.1. The van der Waals surface area contributed by atoms with Crippen molar-refractivity contribution >= 4 is 20.4 Å². The van der Waals surface area contributed by atoms with Gasteiger partial charge >= 0.3 is 0 Å². The number of hydrogen-bond donors (Lipinski definition) is 0. The molecule has 0 amide bonds. The molecule has 0 radical (unpaired) electrons. The summed E-state index contributed by atoms with van der Waals surface area (Å²) in [5, 5.41) is 0. The molecule has 0 aliphatic rings. The first-order valence-electron chi connectivity index (χ1n) is 6.15. The lowest BCUT2D eigenvalue weighted by Crippen LogP contribution is -2.02. The highest BCUT2D eigenvalue weighted by atomic mass is 79.9. The molecule has 0 saturated carbocycles. The second-order valence-corrected chi connectivity index (χ2v) is 5.45. The molecule has 0 bridgehead atoms. The fourth-order valence-electron chi connectivity index (χ4n) is 2.07. The average molecular weight is 304 g/mol. The van der Waals surface area contributed by atoms with Crippen molar-refractivity contribution in [2.75, 3.05) is 0 Å². The second kappa shape index (κ2) is 5.57. The second-order valence-electron chi connectivity index (χ2n) is 4.60. The van der Waals surface area contributed by atoms with Crippen LogP contribution in [0.3, 0.4) is 0 Å². The third-order valence-electron chi connectivity index (χ3n) is 3.12. The molecule has 0 N–H and O–H groups in total. The number of hydrogen-bond acceptors (Lipinski definition) is 0. The molecule has 1 nitrogen and oxygen atoms in total. The van der Waals surface area contributed by atoms with Crippen molar-refractivity contribution in [1.82, 2.24) is 4.57 Å². The Morgan fingerprint density at radius 3 is 2.44 bits per heavy atom. The lowest BCUT2D eigenvalue weighted by Gasteiger charge is -2.10. The smallest absolute Gasteiger partial charge is 0.0580 e. The number of halogens is 1. The molecule has 2 aromatic rings. The largest absolute Gasteiger partial charge is 0.342 e. The number of allylic oxidation sites excluding steroid dienone is 1. The number of aromatic nitrogens is 1. The summed E-state index contributed by atoms with van der Waals surface area (Å²) >= 11 is 3.63. The number of benzene rings is 1. The van der Waals surface area contributed by atoms with E-state index in [1.54, 1.807) is 0 Å². The van der Waals surface area contributed by atoms with Crippen LogP contribution in [0, 0.1) is 13.8 Å². The summed E-state index contributed by atoms with van der Waals surface area (Å²) in [7, 11) is 0. The zero-order valence-electron chi connectivity index (χ0n) is 11.1. The SMILES string of the molecule is C/C=C(/Br)c1c(C)ccn1Cc1ccc(C)cc1. The van der Waals surface area contributed by atoms with E-state index >= 15 is 0 Å². The summed E-state index contributed by atoms with van der Waals surface area (Å²) in [5.74, 6) is 0. The third kappa shape index (κ3) is 2.75. The van der Waals surface area contributed by atoms with E-state index < -0.39 is 0 Å². The number of rotatable bonds is 3. The standard InChI is InChI=1S/C16H18BrN/c1-4-15(17)16-13(3)9-10-18(16)11-14-7-5-12(2)6-8-14/h4-10H,11H2,1-3H3/b15-4+. The Morgan fingerprint density at radius 1 is 1.17 bits per heavy atom. The van der Waals surface area contributed by atoms with E-state index in [1.165, 1.54) is 22.4 Å². The Kier molecular flexibility index (Phi) is 4.07. The molecule has 0 atom stereocenters. The molecule has 2 rings (SSSR count). The van der Waals surface area contributed by atoms with Crippen LogP contribution in [0.2, 0.25) is 0 Å². The van der Waals surface area contributed by atoms with Crippen molar-refractivity contribution in [2.24, 2.45) is 0 Å². The van der Waals surface area contributed by atoms with E-state index in [1.807, 2.05) is 6.92 Å². The van der Waals surface area contributed by atoms with E-state index in [4.69, 9.17) is 0 Å². The minimum Gasteiger partial charge on any atom is -0.342 e. The van der Waals surface area contributed by atoms with Crippen LogP contribution in [-0.2, 0) is 6.54 Å². The molecule has 1 aromatic heterocycles. The van der Waals surface area contributed by atoms with Crippen LogP contribution in [0.15, 0.2) is 42.6 Å². The minimum atomic E-state index is 0.909. The number of nitrogens with zero attached hydrogens (tertiary/aromatic N) is 1. The van der Waals surface area contributed by atoms with Crippen molar-refractivity contribution in [3.8, 4) is 0 Å². The van der Waals surface area contributed by atoms with E-state index in [-0.39, 0.29) is 0 Å². The van der Waals surface area contributed by atoms with Crippen molar-refractivity contribution in [2.45, 2.75) is 27.3 Å². The molecule has 0 spiro atoms. The van der Waals surface area contributed by atoms with Crippen LogP contribution in [0.5, 0.6) is 0 Å². The van der Waals surface area contributed by atoms with Crippen LogP contribution < -0.4 is 0 Å². The topological polar surface area (TPSA) is 4.93 Å². The lowest BCUT2D eigenvalue weighted by molar-refractivity contribution is 0.794. The van der Waals surface area contributed by atoms with Gasteiger partial charge in [0.15, 0.2) is 0 Å². The molecule has 0 saturated heterocycles. The highest BCUT2D eigenvalue weighted by Gasteiger charge is 2.08. The Balaban J connectivity index is 2.32. The normalized spacial score (nSPS) is 11.9. The van der Waals surface area contributed by atoms with Crippen LogP contribution >= 0.6 is 15.9 Å². The van der Waals surface area contributed by atoms with Gasteiger partial charge in [-0.05, 0) is 53.9 Å². The summed E-state index contributed by atoms with van der Waals surface area (Å²) in [6.45, 7) is 7.22. The fourth-order valence-corrected chi connectivity index (χ4v) is 2.61. The van der Waals surface area contributed by atoms with Gasteiger partial charge in [0.05, 0.1) is 5.69 Å². The first kappa shape index (κ1) is 13.2. The molecular weight excluding hydrogens is 286 g/mol. The quantitative estimate of drug-likeness (QED) is 0.759. The summed E-state index contributed by atoms with van der Waals surface area (Å²) in [5.41, 5.74) is 5.19. The first-order valence-corrected chi connectivity index (χ1v) is 6.94. The molecule has 18 heavy (non-hydrogen) atoms. The van der Waals surface area contributed by atoms with Gasteiger partial charge in [-0.15, -0.1) is 0 Å². The van der Waals surface area contributed by atoms with Gasteiger partial charge in [0.25, 0.3) is 0 Å². The fraction of sp³-hybridized carbons (Fsp3) is 0.250. The maximum absolute atomic E-state index is 3.63. The van der Waals surface area contributed by atoms with Crippen LogP contribution in [0.25, 0.3) is 4.48 Å². The average Bonchev–Trinajstić information content (AvgIpc) is 2.72. The maximum Gasteiger partial charge on any atom is 0.0580 e. The van der Waals surface area contributed by atoms with Gasteiger partial charge in [-0.3, -0.25) is 0 Å². The summed E-state index contributed by atoms with van der Waals surface area (Å²) in [6.07, 6.45) is 4.24. The molecule has 0 unspecified atom stereocenters.